The van der Waals surface area contributed by atoms with Gasteiger partial charge in [-0.05, 0) is 71.1 Å². The van der Waals surface area contributed by atoms with Crippen molar-refractivity contribution in [2.24, 2.45) is 17.3 Å². The first-order valence-corrected chi connectivity index (χ1v) is 8.93. The molecular weight excluding hydrogens is 262 g/mol. The molecule has 0 amide bonds. The van der Waals surface area contributed by atoms with Crippen molar-refractivity contribution in [1.29, 1.82) is 0 Å². The highest BCUT2D eigenvalue weighted by Gasteiger charge is 2.51. The van der Waals surface area contributed by atoms with Crippen molar-refractivity contribution in [2.45, 2.75) is 70.9 Å². The zero-order valence-electron chi connectivity index (χ0n) is 14.1. The second-order valence-electron chi connectivity index (χ2n) is 8.60. The maximum atomic E-state index is 6.23. The summed E-state index contributed by atoms with van der Waals surface area (Å²) >= 11 is 0. The van der Waals surface area contributed by atoms with Crippen LogP contribution in [0.2, 0.25) is 0 Å². The third-order valence-corrected chi connectivity index (χ3v) is 5.56. The Morgan fingerprint density at radius 1 is 1.05 bits per heavy atom. The molecule has 2 aliphatic heterocycles. The molecule has 3 heteroatoms. The van der Waals surface area contributed by atoms with E-state index in [1.165, 1.54) is 38.5 Å². The van der Waals surface area contributed by atoms with Gasteiger partial charge >= 0.3 is 0 Å². The van der Waals surface area contributed by atoms with Gasteiger partial charge in [-0.25, -0.2) is 0 Å². The van der Waals surface area contributed by atoms with Crippen LogP contribution in [0.15, 0.2) is 0 Å². The van der Waals surface area contributed by atoms with Crippen LogP contribution in [0, 0.1) is 17.3 Å². The molecule has 2 saturated heterocycles. The van der Waals surface area contributed by atoms with Crippen LogP contribution < -0.4 is 5.32 Å². The molecule has 21 heavy (non-hydrogen) atoms. The fraction of sp³-hybridized carbons (Fsp3) is 1.00. The molecule has 0 aromatic heterocycles. The largest absolute Gasteiger partial charge is 0.381 e. The van der Waals surface area contributed by atoms with E-state index in [1.54, 1.807) is 0 Å². The highest BCUT2D eigenvalue weighted by atomic mass is 16.5. The first kappa shape index (κ1) is 15.8. The maximum Gasteiger partial charge on any atom is 0.0672 e. The predicted molar refractivity (Wildman–Crippen MR) is 85.4 cm³/mol. The lowest BCUT2D eigenvalue weighted by Gasteiger charge is -2.40. The van der Waals surface area contributed by atoms with Gasteiger partial charge in [0, 0.05) is 37.3 Å². The molecule has 3 aliphatic rings. The average molecular weight is 295 g/mol. The zero-order valence-corrected chi connectivity index (χ0v) is 14.1. The number of rotatable bonds is 5. The van der Waals surface area contributed by atoms with Gasteiger partial charge in [-0.15, -0.1) is 0 Å². The van der Waals surface area contributed by atoms with Crippen molar-refractivity contribution in [3.63, 3.8) is 0 Å². The third kappa shape index (κ3) is 4.00. The van der Waals surface area contributed by atoms with Crippen LogP contribution in [0.5, 0.6) is 0 Å². The van der Waals surface area contributed by atoms with E-state index in [0.717, 1.165) is 38.2 Å². The number of hydrogen-bond donors (Lipinski definition) is 1. The van der Waals surface area contributed by atoms with E-state index in [9.17, 15) is 0 Å². The van der Waals surface area contributed by atoms with E-state index in [0.29, 0.717) is 11.5 Å². The molecular formula is C18H33NO2. The molecule has 0 aromatic carbocycles. The van der Waals surface area contributed by atoms with Crippen LogP contribution >= 0.6 is 0 Å². The summed E-state index contributed by atoms with van der Waals surface area (Å²) in [6, 6.07) is 0. The number of ether oxygens (including phenoxy) is 2. The van der Waals surface area contributed by atoms with Crippen molar-refractivity contribution in [3.05, 3.63) is 0 Å². The number of hydrogen-bond acceptors (Lipinski definition) is 3. The average Bonchev–Trinajstić information content (AvgIpc) is 3.19. The zero-order chi connectivity index (χ0) is 14.9. The molecule has 0 bridgehead atoms. The molecule has 1 N–H and O–H groups in total. The molecule has 3 rings (SSSR count). The van der Waals surface area contributed by atoms with Crippen molar-refractivity contribution in [3.8, 4) is 0 Å². The lowest BCUT2D eigenvalue weighted by Crippen LogP contribution is -2.49. The van der Waals surface area contributed by atoms with Gasteiger partial charge in [0.1, 0.15) is 0 Å². The lowest BCUT2D eigenvalue weighted by atomic mass is 9.70. The van der Waals surface area contributed by atoms with Crippen LogP contribution in [0.1, 0.15) is 59.3 Å². The molecule has 2 atom stereocenters. The number of nitrogens with one attached hydrogen (secondary N) is 1. The minimum Gasteiger partial charge on any atom is -0.381 e. The van der Waals surface area contributed by atoms with Gasteiger partial charge in [0.15, 0.2) is 0 Å². The molecule has 0 radical (unpaired) electrons. The van der Waals surface area contributed by atoms with Gasteiger partial charge < -0.3 is 14.8 Å². The van der Waals surface area contributed by atoms with Gasteiger partial charge in [0.25, 0.3) is 0 Å². The van der Waals surface area contributed by atoms with E-state index in [4.69, 9.17) is 9.47 Å². The topological polar surface area (TPSA) is 30.5 Å². The van der Waals surface area contributed by atoms with Crippen LogP contribution in [0.4, 0.5) is 0 Å². The van der Waals surface area contributed by atoms with Crippen LogP contribution in [-0.4, -0.2) is 38.0 Å². The fourth-order valence-corrected chi connectivity index (χ4v) is 4.19. The molecule has 1 aliphatic carbocycles. The molecule has 1 saturated carbocycles. The van der Waals surface area contributed by atoms with E-state index in [1.807, 2.05) is 0 Å². The van der Waals surface area contributed by atoms with E-state index in [-0.39, 0.29) is 5.54 Å². The van der Waals surface area contributed by atoms with Gasteiger partial charge in [0.2, 0.25) is 0 Å². The Hall–Kier alpha value is -0.120. The standard InChI is InChI=1S/C18H33NO2/c1-17(2,3)19-13-18(12-14-6-9-20-10-7-14)8-11-21-16(18)15-4-5-15/h14-16,19H,4-13H2,1-3H3. The summed E-state index contributed by atoms with van der Waals surface area (Å²) in [5, 5.41) is 3.80. The Morgan fingerprint density at radius 2 is 1.76 bits per heavy atom. The maximum absolute atomic E-state index is 6.23. The second kappa shape index (κ2) is 6.17. The van der Waals surface area contributed by atoms with Crippen molar-refractivity contribution >= 4 is 0 Å². The molecule has 0 aromatic rings. The summed E-state index contributed by atoms with van der Waals surface area (Å²) in [6.07, 6.45) is 8.35. The Balaban J connectivity index is 1.69. The van der Waals surface area contributed by atoms with Gasteiger partial charge in [-0.3, -0.25) is 0 Å². The Morgan fingerprint density at radius 3 is 2.38 bits per heavy atom. The monoisotopic (exact) mass is 295 g/mol. The van der Waals surface area contributed by atoms with Crippen molar-refractivity contribution < 1.29 is 9.47 Å². The lowest BCUT2D eigenvalue weighted by molar-refractivity contribution is -0.00280. The first-order valence-electron chi connectivity index (χ1n) is 8.93. The molecule has 2 unspecified atom stereocenters. The molecule has 122 valence electrons. The second-order valence-corrected chi connectivity index (χ2v) is 8.60. The van der Waals surface area contributed by atoms with Crippen LogP contribution in [0.25, 0.3) is 0 Å². The SMILES string of the molecule is CC(C)(C)NCC1(CC2CCOCC2)CCOC1C1CC1. The molecule has 3 nitrogen and oxygen atoms in total. The Kier molecular flexibility index (Phi) is 4.63. The highest BCUT2D eigenvalue weighted by molar-refractivity contribution is 5.02. The molecule has 2 heterocycles. The Bertz CT molecular complexity index is 342. The summed E-state index contributed by atoms with van der Waals surface area (Å²) in [5.41, 5.74) is 0.565. The van der Waals surface area contributed by atoms with Gasteiger partial charge in [-0.1, -0.05) is 0 Å². The van der Waals surface area contributed by atoms with Crippen molar-refractivity contribution in [1.82, 2.24) is 5.32 Å². The highest BCUT2D eigenvalue weighted by Crippen LogP contribution is 2.51. The molecule has 3 fully saturated rings. The van der Waals surface area contributed by atoms with E-state index in [2.05, 4.69) is 26.1 Å². The normalized spacial score (nSPS) is 35.3. The summed E-state index contributed by atoms with van der Waals surface area (Å²) < 4.78 is 11.8. The minimum absolute atomic E-state index is 0.194. The summed E-state index contributed by atoms with van der Waals surface area (Å²) in [4.78, 5) is 0. The quantitative estimate of drug-likeness (QED) is 0.843. The molecule has 0 spiro atoms. The van der Waals surface area contributed by atoms with Gasteiger partial charge in [-0.2, -0.15) is 0 Å². The van der Waals surface area contributed by atoms with Crippen molar-refractivity contribution in [2.75, 3.05) is 26.4 Å². The predicted octanol–water partition coefficient (Wildman–Crippen LogP) is 3.38. The summed E-state index contributed by atoms with van der Waals surface area (Å²) in [7, 11) is 0. The summed E-state index contributed by atoms with van der Waals surface area (Å²) in [5.74, 6) is 1.68. The summed E-state index contributed by atoms with van der Waals surface area (Å²) in [6.45, 7) is 10.8. The van der Waals surface area contributed by atoms with E-state index < -0.39 is 0 Å². The van der Waals surface area contributed by atoms with E-state index >= 15 is 0 Å². The minimum atomic E-state index is 0.194. The van der Waals surface area contributed by atoms with Gasteiger partial charge in [0.05, 0.1) is 6.10 Å². The Labute approximate surface area is 130 Å². The smallest absolute Gasteiger partial charge is 0.0672 e. The third-order valence-electron chi connectivity index (χ3n) is 5.56. The van der Waals surface area contributed by atoms with Crippen LogP contribution in [0.3, 0.4) is 0 Å². The van der Waals surface area contributed by atoms with Crippen LogP contribution in [-0.2, 0) is 9.47 Å². The fourth-order valence-electron chi connectivity index (χ4n) is 4.19. The first-order chi connectivity index (χ1) is 9.99.